The van der Waals surface area contributed by atoms with Crippen LogP contribution >= 0.6 is 0 Å². The largest absolute Gasteiger partial charge is 0.477 e. The van der Waals surface area contributed by atoms with Gasteiger partial charge in [-0.1, -0.05) is 6.07 Å². The zero-order chi connectivity index (χ0) is 13.0. The smallest absolute Gasteiger partial charge is 0.322 e. The molecule has 2 rings (SSSR count). The molecule has 0 radical (unpaired) electrons. The highest BCUT2D eigenvalue weighted by Crippen LogP contribution is 2.29. The lowest BCUT2D eigenvalue weighted by Gasteiger charge is -2.12. The van der Waals surface area contributed by atoms with Crippen molar-refractivity contribution in [3.63, 3.8) is 0 Å². The molecule has 0 spiro atoms. The van der Waals surface area contributed by atoms with E-state index in [1.807, 2.05) is 12.1 Å². The minimum Gasteiger partial charge on any atom is -0.477 e. The molecule has 1 fully saturated rings. The number of methoxy groups -OCH3 is 1. The fourth-order valence-electron chi connectivity index (χ4n) is 1.66. The predicted molar refractivity (Wildman–Crippen MR) is 66.2 cm³/mol. The predicted octanol–water partition coefficient (Wildman–Crippen LogP) is 0.913. The van der Waals surface area contributed by atoms with Gasteiger partial charge in [0.2, 0.25) is 5.88 Å². The minimum absolute atomic E-state index is 0.376. The van der Waals surface area contributed by atoms with Crippen molar-refractivity contribution in [3.05, 3.63) is 23.9 Å². The van der Waals surface area contributed by atoms with Gasteiger partial charge in [-0.15, -0.1) is 0 Å². The van der Waals surface area contributed by atoms with Gasteiger partial charge in [-0.05, 0) is 24.8 Å². The number of rotatable bonds is 6. The average Bonchev–Trinajstić information content (AvgIpc) is 3.20. The summed E-state index contributed by atoms with van der Waals surface area (Å²) >= 11 is 0. The standard InChI is InChI=1S/C13H18N2O3/c1-17-13(16)11(14)7-10-3-2-6-15-12(10)18-8-9-4-5-9/h2-3,6,9,11H,4-5,7-8,14H2,1H3. The summed E-state index contributed by atoms with van der Waals surface area (Å²) in [7, 11) is 1.33. The summed E-state index contributed by atoms with van der Waals surface area (Å²) in [5.74, 6) is 0.810. The van der Waals surface area contributed by atoms with Gasteiger partial charge >= 0.3 is 5.97 Å². The maximum Gasteiger partial charge on any atom is 0.322 e. The molecule has 1 aliphatic rings. The van der Waals surface area contributed by atoms with Crippen molar-refractivity contribution in [2.75, 3.05) is 13.7 Å². The van der Waals surface area contributed by atoms with Crippen molar-refractivity contribution in [2.24, 2.45) is 11.7 Å². The van der Waals surface area contributed by atoms with E-state index in [0.717, 1.165) is 5.56 Å². The maximum atomic E-state index is 11.3. The number of hydrogen-bond donors (Lipinski definition) is 1. The molecular formula is C13H18N2O3. The van der Waals surface area contributed by atoms with Crippen LogP contribution in [0.2, 0.25) is 0 Å². The summed E-state index contributed by atoms with van der Waals surface area (Å²) in [4.78, 5) is 15.5. The molecule has 1 saturated carbocycles. The first-order valence-electron chi connectivity index (χ1n) is 6.10. The molecule has 2 N–H and O–H groups in total. The first kappa shape index (κ1) is 12.8. The molecule has 0 saturated heterocycles. The zero-order valence-electron chi connectivity index (χ0n) is 10.5. The Labute approximate surface area is 106 Å². The molecule has 0 bridgehead atoms. The molecule has 1 aromatic rings. The van der Waals surface area contributed by atoms with Crippen LogP contribution in [0.3, 0.4) is 0 Å². The van der Waals surface area contributed by atoms with E-state index in [2.05, 4.69) is 9.72 Å². The highest BCUT2D eigenvalue weighted by molar-refractivity contribution is 5.75. The normalized spacial score (nSPS) is 16.1. The van der Waals surface area contributed by atoms with Gasteiger partial charge in [-0.3, -0.25) is 4.79 Å². The van der Waals surface area contributed by atoms with Crippen LogP contribution < -0.4 is 10.5 Å². The quantitative estimate of drug-likeness (QED) is 0.760. The van der Waals surface area contributed by atoms with E-state index in [1.54, 1.807) is 6.20 Å². The monoisotopic (exact) mass is 250 g/mol. The fourth-order valence-corrected chi connectivity index (χ4v) is 1.66. The van der Waals surface area contributed by atoms with Gasteiger partial charge in [0.15, 0.2) is 0 Å². The summed E-state index contributed by atoms with van der Waals surface area (Å²) in [6.07, 6.45) is 4.50. The number of aromatic nitrogens is 1. The molecule has 1 unspecified atom stereocenters. The molecule has 5 heteroatoms. The number of carbonyl (C=O) groups excluding carboxylic acids is 1. The van der Waals surface area contributed by atoms with E-state index in [9.17, 15) is 4.79 Å². The number of hydrogen-bond acceptors (Lipinski definition) is 5. The lowest BCUT2D eigenvalue weighted by Crippen LogP contribution is -2.33. The van der Waals surface area contributed by atoms with Crippen molar-refractivity contribution in [2.45, 2.75) is 25.3 Å². The zero-order valence-corrected chi connectivity index (χ0v) is 10.5. The first-order valence-corrected chi connectivity index (χ1v) is 6.10. The number of carbonyl (C=O) groups is 1. The fraction of sp³-hybridized carbons (Fsp3) is 0.538. The Kier molecular flexibility index (Phi) is 4.15. The van der Waals surface area contributed by atoms with Crippen LogP contribution in [0, 0.1) is 5.92 Å². The van der Waals surface area contributed by atoms with Gasteiger partial charge in [0.1, 0.15) is 6.04 Å². The van der Waals surface area contributed by atoms with Gasteiger partial charge in [0.25, 0.3) is 0 Å². The van der Waals surface area contributed by atoms with E-state index in [-0.39, 0.29) is 0 Å². The maximum absolute atomic E-state index is 11.3. The Balaban J connectivity index is 1.99. The summed E-state index contributed by atoms with van der Waals surface area (Å²) in [6, 6.07) is 3.00. The van der Waals surface area contributed by atoms with Gasteiger partial charge < -0.3 is 15.2 Å². The number of pyridine rings is 1. The van der Waals surface area contributed by atoms with Gasteiger partial charge in [-0.2, -0.15) is 0 Å². The summed E-state index contributed by atoms with van der Waals surface area (Å²) < 4.78 is 10.3. The van der Waals surface area contributed by atoms with Crippen LogP contribution in [0.25, 0.3) is 0 Å². The van der Waals surface area contributed by atoms with E-state index in [0.29, 0.717) is 24.8 Å². The number of esters is 1. The third kappa shape index (κ3) is 3.43. The Morgan fingerprint density at radius 3 is 3.06 bits per heavy atom. The Bertz CT molecular complexity index is 418. The van der Waals surface area contributed by atoms with Gasteiger partial charge in [0, 0.05) is 18.2 Å². The SMILES string of the molecule is COC(=O)C(N)Cc1cccnc1OCC1CC1. The van der Waals surface area contributed by atoms with Crippen LogP contribution in [0.1, 0.15) is 18.4 Å². The molecule has 18 heavy (non-hydrogen) atoms. The van der Waals surface area contributed by atoms with Crippen molar-refractivity contribution in [1.29, 1.82) is 0 Å². The van der Waals surface area contributed by atoms with E-state index < -0.39 is 12.0 Å². The lowest BCUT2D eigenvalue weighted by molar-refractivity contribution is -0.142. The molecule has 0 amide bonds. The molecule has 98 valence electrons. The second-order valence-electron chi connectivity index (χ2n) is 4.56. The molecule has 1 aromatic heterocycles. The van der Waals surface area contributed by atoms with Crippen molar-refractivity contribution in [3.8, 4) is 5.88 Å². The Morgan fingerprint density at radius 2 is 2.39 bits per heavy atom. The number of nitrogens with two attached hydrogens (primary N) is 1. The third-order valence-electron chi connectivity index (χ3n) is 2.95. The molecule has 5 nitrogen and oxygen atoms in total. The van der Waals surface area contributed by atoms with Gasteiger partial charge in [0.05, 0.1) is 13.7 Å². The number of nitrogens with zero attached hydrogens (tertiary/aromatic N) is 1. The molecule has 0 aromatic carbocycles. The van der Waals surface area contributed by atoms with Crippen molar-refractivity contribution >= 4 is 5.97 Å². The molecule has 0 aliphatic heterocycles. The highest BCUT2D eigenvalue weighted by Gasteiger charge is 2.23. The molecule has 1 heterocycles. The van der Waals surface area contributed by atoms with Crippen LogP contribution in [0.5, 0.6) is 5.88 Å². The Morgan fingerprint density at radius 1 is 1.61 bits per heavy atom. The average molecular weight is 250 g/mol. The Hall–Kier alpha value is -1.62. The second kappa shape index (κ2) is 5.82. The molecule has 1 atom stereocenters. The topological polar surface area (TPSA) is 74.4 Å². The summed E-state index contributed by atoms with van der Waals surface area (Å²) in [5.41, 5.74) is 6.58. The lowest BCUT2D eigenvalue weighted by atomic mass is 10.1. The number of ether oxygens (including phenoxy) is 2. The summed E-state index contributed by atoms with van der Waals surface area (Å²) in [5, 5.41) is 0. The van der Waals surface area contributed by atoms with Crippen LogP contribution in [0.15, 0.2) is 18.3 Å². The van der Waals surface area contributed by atoms with E-state index in [1.165, 1.54) is 20.0 Å². The van der Waals surface area contributed by atoms with E-state index in [4.69, 9.17) is 10.5 Å². The van der Waals surface area contributed by atoms with Gasteiger partial charge in [-0.25, -0.2) is 4.98 Å². The summed E-state index contributed by atoms with van der Waals surface area (Å²) in [6.45, 7) is 0.692. The molecule has 1 aliphatic carbocycles. The van der Waals surface area contributed by atoms with E-state index >= 15 is 0 Å². The van der Waals surface area contributed by atoms with Crippen molar-refractivity contribution in [1.82, 2.24) is 4.98 Å². The van der Waals surface area contributed by atoms with Crippen molar-refractivity contribution < 1.29 is 14.3 Å². The third-order valence-corrected chi connectivity index (χ3v) is 2.95. The van der Waals surface area contributed by atoms with Crippen LogP contribution in [0.4, 0.5) is 0 Å². The van der Waals surface area contributed by atoms with Crippen LogP contribution in [-0.4, -0.2) is 30.7 Å². The highest BCUT2D eigenvalue weighted by atomic mass is 16.5. The minimum atomic E-state index is -0.678. The first-order chi connectivity index (χ1) is 8.70. The van der Waals surface area contributed by atoms with Crippen LogP contribution in [-0.2, 0) is 16.0 Å². The second-order valence-corrected chi connectivity index (χ2v) is 4.56. The molecular weight excluding hydrogens is 232 g/mol.